The molecule has 1 amide bonds. The summed E-state index contributed by atoms with van der Waals surface area (Å²) in [6, 6.07) is 0. The molecule has 0 spiro atoms. The molecule has 0 aliphatic heterocycles. The van der Waals surface area contributed by atoms with Crippen molar-refractivity contribution in [1.29, 1.82) is 0 Å². The van der Waals surface area contributed by atoms with Crippen LogP contribution in [0.25, 0.3) is 0 Å². The highest BCUT2D eigenvalue weighted by molar-refractivity contribution is 5.99. The van der Waals surface area contributed by atoms with Gasteiger partial charge in [-0.05, 0) is 34.9 Å². The first-order chi connectivity index (χ1) is 7.75. The van der Waals surface area contributed by atoms with Gasteiger partial charge in [0.2, 0.25) is 0 Å². The van der Waals surface area contributed by atoms with Crippen LogP contribution < -0.4 is 11.1 Å². The van der Waals surface area contributed by atoms with Gasteiger partial charge in [-0.15, -0.1) is 0 Å². The van der Waals surface area contributed by atoms with Crippen LogP contribution in [0.5, 0.6) is 0 Å². The molecule has 0 unspecified atom stereocenters. The summed E-state index contributed by atoms with van der Waals surface area (Å²) in [6.45, 7) is 6.43. The molecule has 0 saturated heterocycles. The second-order valence-electron chi connectivity index (χ2n) is 5.00. The van der Waals surface area contributed by atoms with Crippen molar-refractivity contribution in [3.63, 3.8) is 0 Å². The second kappa shape index (κ2) is 4.75. The number of carbonyl (C=O) groups excluding carboxylic acids is 1. The number of anilines is 1. The van der Waals surface area contributed by atoms with Crippen LogP contribution >= 0.6 is 0 Å². The molecule has 17 heavy (non-hydrogen) atoms. The Kier molecular flexibility index (Phi) is 3.77. The highest BCUT2D eigenvalue weighted by Crippen LogP contribution is 2.13. The molecule has 1 aromatic rings. The van der Waals surface area contributed by atoms with E-state index in [1.165, 1.54) is 0 Å². The van der Waals surface area contributed by atoms with Gasteiger partial charge in [0.1, 0.15) is 5.56 Å². The predicted octanol–water partition coefficient (Wildman–Crippen LogP) is 0.370. The molecule has 6 heteroatoms. The number of aromatic nitrogens is 2. The Balaban J connectivity index is 2.69. The van der Waals surface area contributed by atoms with Crippen LogP contribution in [0.2, 0.25) is 0 Å². The highest BCUT2D eigenvalue weighted by atomic mass is 16.1. The fourth-order valence-electron chi connectivity index (χ4n) is 1.28. The number of nitrogens with two attached hydrogens (primary N) is 1. The van der Waals surface area contributed by atoms with E-state index in [1.807, 2.05) is 14.1 Å². The van der Waals surface area contributed by atoms with Crippen molar-refractivity contribution in [2.24, 2.45) is 0 Å². The molecule has 1 rings (SSSR count). The van der Waals surface area contributed by atoms with Crippen molar-refractivity contribution < 1.29 is 4.79 Å². The van der Waals surface area contributed by atoms with Gasteiger partial charge in [-0.1, -0.05) is 0 Å². The van der Waals surface area contributed by atoms with Gasteiger partial charge < -0.3 is 16.0 Å². The van der Waals surface area contributed by atoms with E-state index in [2.05, 4.69) is 34.3 Å². The minimum absolute atomic E-state index is 0.109. The molecule has 0 atom stereocenters. The van der Waals surface area contributed by atoms with E-state index in [0.717, 1.165) is 0 Å². The summed E-state index contributed by atoms with van der Waals surface area (Å²) in [7, 11) is 3.95. The Morgan fingerprint density at radius 2 is 2.12 bits per heavy atom. The molecule has 0 bridgehead atoms. The first-order valence-electron chi connectivity index (χ1n) is 5.52. The third-order valence-electron chi connectivity index (χ3n) is 3.09. The lowest BCUT2D eigenvalue weighted by Gasteiger charge is -2.32. The first-order valence-corrected chi connectivity index (χ1v) is 5.52. The molecule has 1 aromatic heterocycles. The third kappa shape index (κ3) is 2.97. The topological polar surface area (TPSA) is 87.0 Å². The Hall–Kier alpha value is -1.56. The van der Waals surface area contributed by atoms with Gasteiger partial charge in [0.15, 0.2) is 5.82 Å². The Bertz CT molecular complexity index is 388. The maximum Gasteiger partial charge on any atom is 0.256 e. The Labute approximate surface area is 102 Å². The van der Waals surface area contributed by atoms with Crippen molar-refractivity contribution >= 4 is 11.7 Å². The van der Waals surface area contributed by atoms with Crippen molar-refractivity contribution in [2.75, 3.05) is 26.4 Å². The number of H-pyrrole nitrogens is 1. The summed E-state index contributed by atoms with van der Waals surface area (Å²) in [4.78, 5) is 14.0. The maximum absolute atomic E-state index is 11.9. The van der Waals surface area contributed by atoms with E-state index in [9.17, 15) is 4.79 Å². The first kappa shape index (κ1) is 13.5. The molecule has 0 fully saturated rings. The zero-order valence-corrected chi connectivity index (χ0v) is 11.1. The number of aryl methyl sites for hydroxylation is 1. The Morgan fingerprint density at radius 1 is 1.53 bits per heavy atom. The number of nitrogen functional groups attached to an aromatic ring is 1. The van der Waals surface area contributed by atoms with Crippen molar-refractivity contribution in [2.45, 2.75) is 26.3 Å². The monoisotopic (exact) mass is 239 g/mol. The van der Waals surface area contributed by atoms with Gasteiger partial charge in [0.25, 0.3) is 5.91 Å². The number of aromatic amines is 1. The molecule has 0 aliphatic rings. The van der Waals surface area contributed by atoms with E-state index in [1.54, 1.807) is 6.92 Å². The lowest BCUT2D eigenvalue weighted by atomic mass is 10.0. The molecule has 0 aromatic carbocycles. The van der Waals surface area contributed by atoms with E-state index < -0.39 is 0 Å². The van der Waals surface area contributed by atoms with Gasteiger partial charge in [0.05, 0.1) is 0 Å². The van der Waals surface area contributed by atoms with E-state index in [-0.39, 0.29) is 17.3 Å². The number of amides is 1. The molecule has 0 aliphatic carbocycles. The largest absolute Gasteiger partial charge is 0.382 e. The van der Waals surface area contributed by atoms with Gasteiger partial charge in [-0.25, -0.2) is 0 Å². The summed E-state index contributed by atoms with van der Waals surface area (Å²) < 4.78 is 0. The quantitative estimate of drug-likeness (QED) is 0.708. The summed E-state index contributed by atoms with van der Waals surface area (Å²) in [5.41, 5.74) is 6.63. The van der Waals surface area contributed by atoms with E-state index >= 15 is 0 Å². The van der Waals surface area contributed by atoms with Crippen LogP contribution in [0.1, 0.15) is 29.9 Å². The molecule has 0 saturated carbocycles. The van der Waals surface area contributed by atoms with Crippen LogP contribution in [0.4, 0.5) is 5.82 Å². The molecule has 1 heterocycles. The van der Waals surface area contributed by atoms with Crippen LogP contribution in [-0.4, -0.2) is 47.2 Å². The fourth-order valence-corrected chi connectivity index (χ4v) is 1.28. The fraction of sp³-hybridized carbons (Fsp3) is 0.636. The lowest BCUT2D eigenvalue weighted by molar-refractivity contribution is 0.0920. The van der Waals surface area contributed by atoms with Crippen LogP contribution in [0, 0.1) is 6.92 Å². The number of rotatable bonds is 4. The third-order valence-corrected chi connectivity index (χ3v) is 3.09. The molecule has 4 N–H and O–H groups in total. The zero-order valence-electron chi connectivity index (χ0n) is 11.1. The molecular formula is C11H21N5O. The number of hydrogen-bond donors (Lipinski definition) is 3. The van der Waals surface area contributed by atoms with Crippen molar-refractivity contribution in [3.8, 4) is 0 Å². The van der Waals surface area contributed by atoms with E-state index in [4.69, 9.17) is 5.73 Å². The summed E-state index contributed by atoms with van der Waals surface area (Å²) in [6.07, 6.45) is 0. The molecule has 0 radical (unpaired) electrons. The average Bonchev–Trinajstić information content (AvgIpc) is 2.55. The second-order valence-corrected chi connectivity index (χ2v) is 5.00. The minimum atomic E-state index is -0.191. The molecular weight excluding hydrogens is 218 g/mol. The lowest BCUT2D eigenvalue weighted by Crippen LogP contribution is -2.48. The number of nitrogens with zero attached hydrogens (tertiary/aromatic N) is 2. The molecule has 96 valence electrons. The van der Waals surface area contributed by atoms with Gasteiger partial charge in [-0.3, -0.25) is 9.89 Å². The van der Waals surface area contributed by atoms with Crippen molar-refractivity contribution in [3.05, 3.63) is 11.3 Å². The van der Waals surface area contributed by atoms with Gasteiger partial charge >= 0.3 is 0 Å². The normalized spacial score (nSPS) is 11.9. The summed E-state index contributed by atoms with van der Waals surface area (Å²) >= 11 is 0. The SMILES string of the molecule is Cc1[nH]nc(N)c1C(=O)NCC(C)(C)N(C)C. The number of hydrogen-bond acceptors (Lipinski definition) is 4. The molecule has 6 nitrogen and oxygen atoms in total. The number of likely N-dealkylation sites (N-methyl/N-ethyl adjacent to an activating group) is 1. The smallest absolute Gasteiger partial charge is 0.256 e. The highest BCUT2D eigenvalue weighted by Gasteiger charge is 2.23. The van der Waals surface area contributed by atoms with Crippen LogP contribution in [-0.2, 0) is 0 Å². The van der Waals surface area contributed by atoms with E-state index in [0.29, 0.717) is 17.8 Å². The van der Waals surface area contributed by atoms with Crippen molar-refractivity contribution in [1.82, 2.24) is 20.4 Å². The number of carbonyl (C=O) groups is 1. The number of nitrogens with one attached hydrogen (secondary N) is 2. The van der Waals surface area contributed by atoms with Crippen LogP contribution in [0.15, 0.2) is 0 Å². The maximum atomic E-state index is 11.9. The van der Waals surface area contributed by atoms with Crippen LogP contribution in [0.3, 0.4) is 0 Å². The van der Waals surface area contributed by atoms with Gasteiger partial charge in [0, 0.05) is 17.8 Å². The zero-order chi connectivity index (χ0) is 13.2. The minimum Gasteiger partial charge on any atom is -0.382 e. The summed E-state index contributed by atoms with van der Waals surface area (Å²) in [5.74, 6) is 0.0475. The Morgan fingerprint density at radius 3 is 2.53 bits per heavy atom. The standard InChI is InChI=1S/C11H21N5O/c1-7-8(9(12)15-14-7)10(17)13-6-11(2,3)16(4)5/h6H2,1-5H3,(H,13,17)(H3,12,14,15). The van der Waals surface area contributed by atoms with Gasteiger partial charge in [-0.2, -0.15) is 5.10 Å². The average molecular weight is 239 g/mol. The summed E-state index contributed by atoms with van der Waals surface area (Å²) in [5, 5.41) is 9.36. The predicted molar refractivity (Wildman–Crippen MR) is 67.8 cm³/mol.